The zero-order valence-corrected chi connectivity index (χ0v) is 13.6. The first-order valence-electron chi connectivity index (χ1n) is 8.05. The molecule has 0 saturated carbocycles. The third-order valence-corrected chi connectivity index (χ3v) is 4.05. The van der Waals surface area contributed by atoms with Crippen LogP contribution in [0, 0.1) is 0 Å². The number of hydrogen-bond acceptors (Lipinski definition) is 4. The van der Waals surface area contributed by atoms with Crippen LogP contribution in [0.15, 0.2) is 24.3 Å². The van der Waals surface area contributed by atoms with E-state index in [-0.39, 0.29) is 12.1 Å². The predicted octanol–water partition coefficient (Wildman–Crippen LogP) is 2.11. The van der Waals surface area contributed by atoms with Crippen LogP contribution in [0.5, 0.6) is 5.75 Å². The Morgan fingerprint density at radius 3 is 2.14 bits per heavy atom. The largest absolute Gasteiger partial charge is 0.491 e. The van der Waals surface area contributed by atoms with Crippen LogP contribution in [0.3, 0.4) is 0 Å². The Bertz CT molecular complexity index is 411. The number of likely N-dealkylation sites (N-methyl/N-ethyl adjacent to an activating group) is 1. The van der Waals surface area contributed by atoms with Crippen molar-refractivity contribution in [2.75, 3.05) is 39.3 Å². The van der Waals surface area contributed by atoms with Crippen LogP contribution >= 0.6 is 0 Å². The average Bonchev–Trinajstić information content (AvgIpc) is 2.48. The highest BCUT2D eigenvalue weighted by Gasteiger charge is 2.18. The SMILES string of the molecule is CCN1CCN(CC(N)c2ccc(OC(C)C)cc2)CC1. The lowest BCUT2D eigenvalue weighted by Gasteiger charge is -2.35. The van der Waals surface area contributed by atoms with Crippen LogP contribution in [0.2, 0.25) is 0 Å². The summed E-state index contributed by atoms with van der Waals surface area (Å²) in [7, 11) is 0. The van der Waals surface area contributed by atoms with Crippen molar-refractivity contribution < 1.29 is 4.74 Å². The minimum absolute atomic E-state index is 0.0753. The van der Waals surface area contributed by atoms with Gasteiger partial charge in [0.25, 0.3) is 0 Å². The lowest BCUT2D eigenvalue weighted by Crippen LogP contribution is -2.48. The Morgan fingerprint density at radius 1 is 1.05 bits per heavy atom. The quantitative estimate of drug-likeness (QED) is 0.871. The van der Waals surface area contributed by atoms with Gasteiger partial charge in [-0.25, -0.2) is 0 Å². The van der Waals surface area contributed by atoms with Gasteiger partial charge in [0, 0.05) is 38.8 Å². The summed E-state index contributed by atoms with van der Waals surface area (Å²) in [5.74, 6) is 0.914. The standard InChI is InChI=1S/C17H29N3O/c1-4-19-9-11-20(12-10-19)13-17(18)15-5-7-16(8-6-15)21-14(2)3/h5-8,14,17H,4,9-13,18H2,1-3H3. The molecule has 0 radical (unpaired) electrons. The molecule has 1 aromatic rings. The molecule has 1 fully saturated rings. The van der Waals surface area contributed by atoms with Gasteiger partial charge < -0.3 is 15.4 Å². The predicted molar refractivity (Wildman–Crippen MR) is 87.7 cm³/mol. The molecular weight excluding hydrogens is 262 g/mol. The van der Waals surface area contributed by atoms with Crippen LogP contribution < -0.4 is 10.5 Å². The minimum Gasteiger partial charge on any atom is -0.491 e. The molecule has 2 rings (SSSR count). The second-order valence-electron chi connectivity index (χ2n) is 6.08. The van der Waals surface area contributed by atoms with Gasteiger partial charge in [-0.05, 0) is 38.1 Å². The van der Waals surface area contributed by atoms with Crippen LogP contribution in [0.1, 0.15) is 32.4 Å². The van der Waals surface area contributed by atoms with Crippen LogP contribution in [-0.2, 0) is 0 Å². The Labute approximate surface area is 128 Å². The summed E-state index contributed by atoms with van der Waals surface area (Å²) >= 11 is 0. The van der Waals surface area contributed by atoms with Crippen molar-refractivity contribution in [2.45, 2.75) is 32.9 Å². The van der Waals surface area contributed by atoms with E-state index in [1.165, 1.54) is 5.56 Å². The van der Waals surface area contributed by atoms with Crippen molar-refractivity contribution in [1.82, 2.24) is 9.80 Å². The number of piperazine rings is 1. The molecule has 0 bridgehead atoms. The summed E-state index contributed by atoms with van der Waals surface area (Å²) in [4.78, 5) is 4.95. The molecule has 2 N–H and O–H groups in total. The normalized spacial score (nSPS) is 18.9. The fourth-order valence-corrected chi connectivity index (χ4v) is 2.74. The second-order valence-corrected chi connectivity index (χ2v) is 6.08. The number of rotatable bonds is 6. The monoisotopic (exact) mass is 291 g/mol. The molecule has 1 aliphatic rings. The van der Waals surface area contributed by atoms with Gasteiger partial charge in [-0.1, -0.05) is 19.1 Å². The first kappa shape index (κ1) is 16.3. The van der Waals surface area contributed by atoms with Gasteiger partial charge in [-0.3, -0.25) is 4.90 Å². The number of ether oxygens (including phenoxy) is 1. The third kappa shape index (κ3) is 4.99. The first-order chi connectivity index (χ1) is 10.1. The van der Waals surface area contributed by atoms with Gasteiger partial charge in [0.15, 0.2) is 0 Å². The van der Waals surface area contributed by atoms with Crippen LogP contribution in [-0.4, -0.2) is 55.2 Å². The fourth-order valence-electron chi connectivity index (χ4n) is 2.74. The maximum absolute atomic E-state index is 6.35. The number of nitrogens with two attached hydrogens (primary N) is 1. The molecule has 0 aliphatic carbocycles. The maximum Gasteiger partial charge on any atom is 0.119 e. The number of hydrogen-bond donors (Lipinski definition) is 1. The van der Waals surface area contributed by atoms with Gasteiger partial charge in [0.1, 0.15) is 5.75 Å². The van der Waals surface area contributed by atoms with E-state index in [1.54, 1.807) is 0 Å². The highest BCUT2D eigenvalue weighted by atomic mass is 16.5. The second kappa shape index (κ2) is 7.78. The lowest BCUT2D eigenvalue weighted by atomic mass is 10.1. The minimum atomic E-state index is 0.0753. The summed E-state index contributed by atoms with van der Waals surface area (Å²) in [5, 5.41) is 0. The van der Waals surface area contributed by atoms with Crippen molar-refractivity contribution in [1.29, 1.82) is 0 Å². The molecule has 1 atom stereocenters. The topological polar surface area (TPSA) is 41.7 Å². The highest BCUT2D eigenvalue weighted by molar-refractivity contribution is 5.29. The first-order valence-corrected chi connectivity index (χ1v) is 8.05. The molecule has 1 heterocycles. The zero-order chi connectivity index (χ0) is 15.2. The van der Waals surface area contributed by atoms with E-state index < -0.39 is 0 Å². The molecule has 21 heavy (non-hydrogen) atoms. The molecule has 118 valence electrons. The Morgan fingerprint density at radius 2 is 1.62 bits per heavy atom. The van der Waals surface area contributed by atoms with Gasteiger partial charge >= 0.3 is 0 Å². The molecule has 0 aromatic heterocycles. The van der Waals surface area contributed by atoms with Gasteiger partial charge in [0.05, 0.1) is 6.10 Å². The van der Waals surface area contributed by atoms with Crippen LogP contribution in [0.25, 0.3) is 0 Å². The maximum atomic E-state index is 6.35. The molecule has 0 amide bonds. The number of benzene rings is 1. The third-order valence-electron chi connectivity index (χ3n) is 4.05. The van der Waals surface area contributed by atoms with E-state index in [2.05, 4.69) is 28.9 Å². The Balaban J connectivity index is 1.84. The van der Waals surface area contributed by atoms with Crippen molar-refractivity contribution in [3.8, 4) is 5.75 Å². The number of nitrogens with zero attached hydrogens (tertiary/aromatic N) is 2. The van der Waals surface area contributed by atoms with Crippen molar-refractivity contribution >= 4 is 0 Å². The van der Waals surface area contributed by atoms with E-state index in [0.29, 0.717) is 0 Å². The zero-order valence-electron chi connectivity index (χ0n) is 13.6. The van der Waals surface area contributed by atoms with E-state index in [1.807, 2.05) is 26.0 Å². The molecule has 1 unspecified atom stereocenters. The molecular formula is C17H29N3O. The molecule has 4 heteroatoms. The summed E-state index contributed by atoms with van der Waals surface area (Å²) in [6.45, 7) is 12.9. The van der Waals surface area contributed by atoms with Gasteiger partial charge in [-0.2, -0.15) is 0 Å². The smallest absolute Gasteiger partial charge is 0.119 e. The summed E-state index contributed by atoms with van der Waals surface area (Å²) in [6.07, 6.45) is 0.208. The van der Waals surface area contributed by atoms with Crippen LogP contribution in [0.4, 0.5) is 0 Å². The van der Waals surface area contributed by atoms with E-state index in [9.17, 15) is 0 Å². The average molecular weight is 291 g/mol. The summed E-state index contributed by atoms with van der Waals surface area (Å²) in [6, 6.07) is 8.29. The Kier molecular flexibility index (Phi) is 6.03. The summed E-state index contributed by atoms with van der Waals surface area (Å²) in [5.41, 5.74) is 7.53. The van der Waals surface area contributed by atoms with E-state index in [4.69, 9.17) is 10.5 Å². The summed E-state index contributed by atoms with van der Waals surface area (Å²) < 4.78 is 5.67. The van der Waals surface area contributed by atoms with E-state index in [0.717, 1.165) is 45.0 Å². The molecule has 1 aromatic carbocycles. The van der Waals surface area contributed by atoms with Crippen molar-refractivity contribution in [2.24, 2.45) is 5.73 Å². The van der Waals surface area contributed by atoms with Gasteiger partial charge in [-0.15, -0.1) is 0 Å². The molecule has 1 aliphatic heterocycles. The fraction of sp³-hybridized carbons (Fsp3) is 0.647. The van der Waals surface area contributed by atoms with Crippen molar-refractivity contribution in [3.05, 3.63) is 29.8 Å². The molecule has 4 nitrogen and oxygen atoms in total. The molecule has 1 saturated heterocycles. The van der Waals surface area contributed by atoms with Crippen molar-refractivity contribution in [3.63, 3.8) is 0 Å². The highest BCUT2D eigenvalue weighted by Crippen LogP contribution is 2.18. The molecule has 0 spiro atoms. The Hall–Kier alpha value is -1.10. The lowest BCUT2D eigenvalue weighted by molar-refractivity contribution is 0.131. The van der Waals surface area contributed by atoms with E-state index >= 15 is 0 Å². The van der Waals surface area contributed by atoms with Gasteiger partial charge in [0.2, 0.25) is 0 Å².